The standard InChI is InChI=1S/2C25H22ClN5OS.C25H28N4O2.C21H16F3N3O2S.C10H12BrN3OS/c2*1-24(20-10-17(13-33-20)16-9-19(26)12-29-11-16)21(22(32)31(2)23(28)30-24)15-3-5-18(6-4-15)25(14-27)7-8-25;26-24-27-25(20-9-3-1-4-10-20,21-11-5-2-6-12-21)23(31)29(24)17-18-8-7-15-28(16-18)22(30)19-13-14-19;1-27-18(28)20(26-19(27)25,14-7-3-2-4-8-14)17-11-10-16(30-17)13-6-5-9-15(12-13)29-21(22,23)24;1-10(7-3-6(11)5-16-7)4-8(15)14(2)9(12)13-10/h2*3-6,9-13,21H,7-8H2,1-2H3,(H2,28,30);1-6,9-12,18-19H,7-8,13-17H2,(H2,26,27);2-12H,1H3,(H2,25,26);3,5H,4H2,1-2H3,(H2,12,13)/t21-,24+;21-,24-;18-;;10-/m010.0/s1. The molecule has 6 aromatic carbocycles. The number of amides is 6. The van der Waals surface area contributed by atoms with Gasteiger partial charge in [0.25, 0.3) is 11.8 Å². The fraction of sp³-hybridized carbons (Fsp3) is 0.292. The molecule has 9 aliphatic rings. The quantitative estimate of drug-likeness (QED) is 0.0533. The minimum absolute atomic E-state index is 0.000442. The molecular formula is C106H100BrCl2F3N20O7S4. The Balaban J connectivity index is 0.000000125. The Kier molecular flexibility index (Phi) is 28.3. The molecule has 37 heteroatoms. The van der Waals surface area contributed by atoms with Crippen molar-refractivity contribution in [3.8, 4) is 50.6 Å². The Hall–Kier alpha value is -13.8. The van der Waals surface area contributed by atoms with Gasteiger partial charge in [-0.25, -0.2) is 25.0 Å². The van der Waals surface area contributed by atoms with Gasteiger partial charge in [0.2, 0.25) is 29.2 Å². The number of aromatic nitrogens is 2. The van der Waals surface area contributed by atoms with Crippen LogP contribution in [0.4, 0.5) is 13.2 Å². The van der Waals surface area contributed by atoms with Gasteiger partial charge in [-0.1, -0.05) is 175 Å². The molecule has 3 aliphatic carbocycles. The zero-order valence-electron chi connectivity index (χ0n) is 78.8. The number of likely N-dealkylation sites (N-methyl/N-ethyl adjacent to an activating group) is 3. The predicted molar refractivity (Wildman–Crippen MR) is 555 cm³/mol. The summed E-state index contributed by atoms with van der Waals surface area (Å²) in [6.45, 7) is 7.84. The van der Waals surface area contributed by atoms with Gasteiger partial charge >= 0.3 is 6.36 Å². The van der Waals surface area contributed by atoms with Crippen molar-refractivity contribution in [3.63, 3.8) is 0 Å². The normalized spacial score (nSPS) is 22.8. The molecule has 12 heterocycles. The maximum Gasteiger partial charge on any atom is 0.573 e. The highest BCUT2D eigenvalue weighted by Gasteiger charge is 2.56. The van der Waals surface area contributed by atoms with Gasteiger partial charge in [-0.05, 0) is 215 Å². The summed E-state index contributed by atoms with van der Waals surface area (Å²) in [4.78, 5) is 123. The Morgan fingerprint density at radius 3 is 1.41 bits per heavy atom. The van der Waals surface area contributed by atoms with Crippen molar-refractivity contribution >= 4 is 150 Å². The van der Waals surface area contributed by atoms with E-state index in [2.05, 4.69) is 52.8 Å². The van der Waals surface area contributed by atoms with Crippen LogP contribution >= 0.6 is 84.5 Å². The average molecular weight is 2100 g/mol. The van der Waals surface area contributed by atoms with Gasteiger partial charge in [0, 0.05) is 124 Å². The molecule has 10 N–H and O–H groups in total. The monoisotopic (exact) mass is 2100 g/mol. The van der Waals surface area contributed by atoms with Crippen LogP contribution in [-0.2, 0) is 67.3 Å². The van der Waals surface area contributed by atoms with Crippen molar-refractivity contribution in [2.45, 2.75) is 135 Å². The lowest BCUT2D eigenvalue weighted by atomic mass is 9.77. The van der Waals surface area contributed by atoms with Gasteiger partial charge in [-0.15, -0.1) is 58.5 Å². The highest BCUT2D eigenvalue weighted by molar-refractivity contribution is 9.10. The molecule has 4 fully saturated rings. The number of guanidine groups is 5. The maximum absolute atomic E-state index is 13.9. The fourth-order valence-electron chi connectivity index (χ4n) is 18.9. The van der Waals surface area contributed by atoms with Crippen LogP contribution in [0.1, 0.15) is 149 Å². The lowest BCUT2D eigenvalue weighted by Crippen LogP contribution is -2.52. The Morgan fingerprint density at radius 1 is 0.497 bits per heavy atom. The summed E-state index contributed by atoms with van der Waals surface area (Å²) in [7, 11) is 6.49. The molecule has 0 bridgehead atoms. The van der Waals surface area contributed by atoms with Crippen LogP contribution in [-0.4, -0.2) is 159 Å². The highest BCUT2D eigenvalue weighted by atomic mass is 79.9. The zero-order valence-corrected chi connectivity index (χ0v) is 85.2. The molecule has 3 saturated carbocycles. The maximum atomic E-state index is 13.9. The van der Waals surface area contributed by atoms with E-state index in [1.165, 1.54) is 71.8 Å². The van der Waals surface area contributed by atoms with Crippen LogP contribution in [0.5, 0.6) is 5.75 Å². The van der Waals surface area contributed by atoms with E-state index in [1.54, 1.807) is 112 Å². The summed E-state index contributed by atoms with van der Waals surface area (Å²) in [5.41, 5.74) is 35.1. The third kappa shape index (κ3) is 20.2. The zero-order chi connectivity index (χ0) is 102. The van der Waals surface area contributed by atoms with E-state index in [9.17, 15) is 52.5 Å². The minimum Gasteiger partial charge on any atom is -0.406 e. The van der Waals surface area contributed by atoms with Crippen molar-refractivity contribution in [2.24, 2.45) is 65.5 Å². The van der Waals surface area contributed by atoms with Gasteiger partial charge in [0.15, 0.2) is 35.3 Å². The van der Waals surface area contributed by atoms with E-state index < -0.39 is 45.9 Å². The van der Waals surface area contributed by atoms with Crippen LogP contribution in [0.2, 0.25) is 10.0 Å². The molecule has 27 nitrogen and oxygen atoms in total. The van der Waals surface area contributed by atoms with E-state index in [1.807, 2.05) is 187 Å². The summed E-state index contributed by atoms with van der Waals surface area (Å²) in [5.74, 6) is -0.334. The number of hydrogen-bond acceptors (Lipinski definition) is 25. The van der Waals surface area contributed by atoms with Crippen LogP contribution < -0.4 is 33.4 Å². The molecule has 6 aliphatic heterocycles. The van der Waals surface area contributed by atoms with Gasteiger partial charge < -0.3 is 38.3 Å². The van der Waals surface area contributed by atoms with Crippen LogP contribution in [0.3, 0.4) is 0 Å². The third-order valence-corrected chi connectivity index (χ3v) is 33.5. The number of alkyl halides is 3. The van der Waals surface area contributed by atoms with E-state index in [-0.39, 0.29) is 93.7 Å². The molecule has 1 saturated heterocycles. The number of carbonyl (C=O) groups is 6. The summed E-state index contributed by atoms with van der Waals surface area (Å²) in [6.07, 6.45) is 9.78. The largest absolute Gasteiger partial charge is 0.573 e. The van der Waals surface area contributed by atoms with Crippen molar-refractivity contribution in [3.05, 3.63) is 320 Å². The van der Waals surface area contributed by atoms with Crippen LogP contribution in [0.15, 0.2) is 277 Å². The number of nitrogens with two attached hydrogens (primary N) is 5. The second-order valence-corrected chi connectivity index (χ2v) is 42.9. The highest BCUT2D eigenvalue weighted by Crippen LogP contribution is 2.55. The second-order valence-electron chi connectivity index (χ2n) is 37.3. The minimum atomic E-state index is -4.77. The van der Waals surface area contributed by atoms with Crippen molar-refractivity contribution in [2.75, 3.05) is 47.8 Å². The van der Waals surface area contributed by atoms with E-state index in [0.717, 1.165) is 133 Å². The summed E-state index contributed by atoms with van der Waals surface area (Å²) < 4.78 is 42.7. The molecule has 7 atom stereocenters. The van der Waals surface area contributed by atoms with Crippen molar-refractivity contribution in [1.29, 1.82) is 10.5 Å². The van der Waals surface area contributed by atoms with E-state index in [0.29, 0.717) is 50.4 Å². The molecular weight excluding hydrogens is 2000 g/mol. The Morgan fingerprint density at radius 2 is 0.972 bits per heavy atom. The summed E-state index contributed by atoms with van der Waals surface area (Å²) in [5, 5.41) is 26.2. The lowest BCUT2D eigenvalue weighted by Gasteiger charge is -2.40. The molecule has 21 rings (SSSR count). The molecule has 12 aromatic rings. The Bertz CT molecular complexity index is 6920. The van der Waals surface area contributed by atoms with Gasteiger partial charge in [0.05, 0.1) is 51.3 Å². The number of nitrogens with zero attached hydrogens (tertiary/aromatic N) is 15. The lowest BCUT2D eigenvalue weighted by molar-refractivity contribution is -0.274. The molecule has 6 aromatic heterocycles. The number of pyridine rings is 2. The van der Waals surface area contributed by atoms with Gasteiger partial charge in [-0.2, -0.15) is 10.5 Å². The first-order valence-corrected chi connectivity index (χ1v) is 51.1. The Labute approximate surface area is 859 Å². The number of likely N-dealkylation sites (tertiary alicyclic amines) is 1. The molecule has 143 heavy (non-hydrogen) atoms. The van der Waals surface area contributed by atoms with E-state index in [4.69, 9.17) is 66.8 Å². The number of ether oxygens (including phenoxy) is 1. The summed E-state index contributed by atoms with van der Waals surface area (Å²) >= 11 is 21.6. The number of thiophene rings is 4. The SMILES string of the molecule is CN1C(=O)C(c2ccccc2)(c2ccc(-c3cccc(OC(F)(F)F)c3)s2)N=C1N.CN1C(=O)C[C@@](C)(c2cc(Br)cs2)N=C1N.CN1C(=O)[C@@H](c2ccc(C3(C#N)CC3)cc2)[C@@](C)(c2cc(-c3cncc(Cl)c3)cs2)N=C1N.CN1C(=O)[C@H](c2ccc(C3(C#N)CC3)cc2)[C@@](C)(c2cc(-c3cncc(Cl)c3)cs2)N=C1N.NC1=NC(c2ccccc2)(c2ccccc2)C(=O)N1C[C@H]1CCCN(C(=O)C2CC2)C1. The van der Waals surface area contributed by atoms with E-state index >= 15 is 0 Å². The van der Waals surface area contributed by atoms with Crippen molar-refractivity contribution in [1.82, 2.24) is 39.4 Å². The van der Waals surface area contributed by atoms with Crippen LogP contribution in [0.25, 0.3) is 32.7 Å². The molecule has 1 unspecified atom stereocenters. The van der Waals surface area contributed by atoms with Gasteiger partial charge in [-0.3, -0.25) is 63.2 Å². The third-order valence-electron chi connectivity index (χ3n) is 27.6. The number of nitriles is 2. The first-order chi connectivity index (χ1) is 68.3. The van der Waals surface area contributed by atoms with Crippen molar-refractivity contribution < 1.29 is 46.7 Å². The number of rotatable bonds is 18. The number of halogens is 6. The fourth-order valence-corrected chi connectivity index (χ4v) is 24.0. The molecule has 732 valence electrons. The second kappa shape index (κ2) is 40.2. The topological polar surface area (TPSA) is 396 Å². The predicted octanol–water partition coefficient (Wildman–Crippen LogP) is 18.6. The number of hydrogen-bond donors (Lipinski definition) is 5. The smallest absolute Gasteiger partial charge is 0.406 e. The number of aliphatic imine (C=N–C) groups is 5. The summed E-state index contributed by atoms with van der Waals surface area (Å²) in [6, 6.07) is 67.8. The number of benzene rings is 6. The number of carbonyl (C=O) groups excluding carboxylic acids is 6. The molecule has 0 spiro atoms. The number of piperidine rings is 1. The average Bonchev–Trinajstić information content (AvgIpc) is 1.43. The first kappa shape index (κ1) is 101. The van der Waals surface area contributed by atoms with Crippen LogP contribution in [0, 0.1) is 34.5 Å². The first-order valence-electron chi connectivity index (χ1n) is 46.0. The van der Waals surface area contributed by atoms with Gasteiger partial charge in [0.1, 0.15) is 22.4 Å². The molecule has 0 radical (unpaired) electrons. The molecule has 6 amide bonds.